The first kappa shape index (κ1) is 83.7. The average molecular weight is 641 g/mol. The molecule has 0 heterocycles. The average Bonchev–Trinajstić information content (AvgIpc) is 3.73. The second-order valence-electron chi connectivity index (χ2n) is 6.49. The molecule has 12 heteroatoms. The molecule has 0 spiro atoms. The van der Waals surface area contributed by atoms with Crippen LogP contribution in [0.5, 0.6) is 0 Å². The predicted octanol–water partition coefficient (Wildman–Crippen LogP) is 7.78. The summed E-state index contributed by atoms with van der Waals surface area (Å²) in [7, 11) is 6.00. The first-order valence-electron chi connectivity index (χ1n) is 14.4. The lowest BCUT2D eigenvalue weighted by Crippen LogP contribution is -2.07. The highest BCUT2D eigenvalue weighted by Gasteiger charge is 2.21. The van der Waals surface area contributed by atoms with Crippen LogP contribution in [0.4, 0.5) is 0 Å². The van der Waals surface area contributed by atoms with Crippen LogP contribution >= 0.6 is 0 Å². The monoisotopic (exact) mass is 641 g/mol. The Hall–Kier alpha value is -1.83. The van der Waals surface area contributed by atoms with Crippen molar-refractivity contribution in [2.75, 3.05) is 28.2 Å². The van der Waals surface area contributed by atoms with E-state index in [9.17, 15) is 14.4 Å². The molecule has 0 saturated heterocycles. The summed E-state index contributed by atoms with van der Waals surface area (Å²) in [6.07, 6.45) is 11.3. The zero-order valence-corrected chi connectivity index (χ0v) is 28.4. The molecule has 0 amide bonds. The van der Waals surface area contributed by atoms with E-state index >= 15 is 0 Å². The molecule has 278 valence electrons. The van der Waals surface area contributed by atoms with Crippen molar-refractivity contribution in [2.24, 2.45) is 34.8 Å². The number of unbranched alkanes of at least 4 members (excludes halogenated alkanes) is 2. The van der Waals surface area contributed by atoms with Crippen LogP contribution in [0.2, 0.25) is 0 Å². The molecule has 2 saturated carbocycles. The maximum absolute atomic E-state index is 10.2. The molecule has 17 N–H and O–H groups in total. The van der Waals surface area contributed by atoms with Crippen LogP contribution in [-0.2, 0) is 14.4 Å². The fraction of sp³-hybridized carbons (Fsp3) is 0.903. The Morgan fingerprint density at radius 3 is 0.860 bits per heavy atom. The molecule has 0 unspecified atom stereocenters. The molecule has 0 aliphatic heterocycles. The van der Waals surface area contributed by atoms with E-state index in [4.69, 9.17) is 15.3 Å². The number of aliphatic carboxylic acids is 3. The third kappa shape index (κ3) is 92.4. The van der Waals surface area contributed by atoms with Crippen LogP contribution in [-0.4, -0.2) is 61.4 Å². The van der Waals surface area contributed by atoms with Crippen LogP contribution in [0.1, 0.15) is 148 Å². The molecule has 0 bridgehead atoms. The third-order valence-corrected chi connectivity index (χ3v) is 4.40. The van der Waals surface area contributed by atoms with Crippen LogP contribution in [0.3, 0.4) is 0 Å². The van der Waals surface area contributed by atoms with Crippen LogP contribution < -0.4 is 35.2 Å². The highest BCUT2D eigenvalue weighted by atomic mass is 16.4. The molecule has 43 heavy (non-hydrogen) atoms. The van der Waals surface area contributed by atoms with Gasteiger partial charge in [0, 0.05) is 6.42 Å². The molecule has 2 rings (SSSR count). The summed E-state index contributed by atoms with van der Waals surface area (Å²) in [5, 5.41) is 25.0. The second kappa shape index (κ2) is 97.3. The number of rotatable bonds is 6. The van der Waals surface area contributed by atoms with Crippen molar-refractivity contribution < 1.29 is 29.7 Å². The van der Waals surface area contributed by atoms with Gasteiger partial charge in [0.15, 0.2) is 0 Å². The summed E-state index contributed by atoms with van der Waals surface area (Å²) in [6, 6.07) is 0. The van der Waals surface area contributed by atoms with Crippen molar-refractivity contribution in [3.8, 4) is 0 Å². The zero-order valence-electron chi connectivity index (χ0n) is 28.4. The molecular formula is C31H88N6O6. The summed E-state index contributed by atoms with van der Waals surface area (Å²) in [4.78, 5) is 30.3. The van der Waals surface area contributed by atoms with E-state index in [0.29, 0.717) is 6.42 Å². The maximum Gasteiger partial charge on any atom is 0.306 e. The van der Waals surface area contributed by atoms with Crippen LogP contribution in [0.25, 0.3) is 0 Å². The summed E-state index contributed by atoms with van der Waals surface area (Å²) in [5.74, 6) is -1.94. The molecule has 0 radical (unpaired) electrons. The lowest BCUT2D eigenvalue weighted by atomic mass is 10.1. The zero-order chi connectivity index (χ0) is 32.4. The minimum Gasteiger partial charge on any atom is -0.481 e. The smallest absolute Gasteiger partial charge is 0.306 e. The minimum atomic E-state index is -0.682. The van der Waals surface area contributed by atoms with Gasteiger partial charge in [-0.05, 0) is 60.3 Å². The molecule has 0 aromatic heterocycles. The van der Waals surface area contributed by atoms with E-state index in [1.807, 2.05) is 41.5 Å². The molecular weight excluding hydrogens is 552 g/mol. The normalized spacial score (nSPS) is 10.7. The predicted molar refractivity (Wildman–Crippen MR) is 196 cm³/mol. The van der Waals surface area contributed by atoms with Gasteiger partial charge >= 0.3 is 17.9 Å². The Labute approximate surface area is 270 Å². The van der Waals surface area contributed by atoms with Gasteiger partial charge in [-0.3, -0.25) is 14.4 Å². The number of hydrogen-bond acceptors (Lipinski definition) is 9. The van der Waals surface area contributed by atoms with E-state index in [1.54, 1.807) is 0 Å². The Balaban J connectivity index is -0.0000000226. The third-order valence-electron chi connectivity index (χ3n) is 4.40. The fourth-order valence-corrected chi connectivity index (χ4v) is 2.87. The van der Waals surface area contributed by atoms with Crippen molar-refractivity contribution in [3.05, 3.63) is 0 Å². The number of nitrogens with two attached hydrogens (primary N) is 4. The maximum atomic E-state index is 10.2. The van der Waals surface area contributed by atoms with Crippen molar-refractivity contribution in [3.63, 3.8) is 0 Å². The number of carbonyl (C=O) groups is 3. The number of carboxylic acids is 3. The second-order valence-corrected chi connectivity index (χ2v) is 6.49. The van der Waals surface area contributed by atoms with Gasteiger partial charge in [-0.1, -0.05) is 109 Å². The van der Waals surface area contributed by atoms with Crippen molar-refractivity contribution in [1.82, 2.24) is 12.3 Å². The van der Waals surface area contributed by atoms with Crippen molar-refractivity contribution in [1.29, 1.82) is 0 Å². The number of carboxylic acid groups (broad SMARTS) is 3. The van der Waals surface area contributed by atoms with Gasteiger partial charge in [-0.2, -0.15) is 0 Å². The standard InChI is InChI=1S/2C6H10O2.C6H12O2.3C2H6.4CH5N.3CH4.2H3N/c2*7-6(8)5-3-1-2-4-5;1-2-3-4-5-6(7)8;7*1-2;;;;;/h2*5H,1-4H2,(H,7,8);2-5H2,1H3,(H,7,8);3*1-2H3;4*2H2,1H3;3*1H4;2*1H3. The Morgan fingerprint density at radius 2 is 0.744 bits per heavy atom. The fourth-order valence-electron chi connectivity index (χ4n) is 2.87. The van der Waals surface area contributed by atoms with Crippen molar-refractivity contribution >= 4 is 17.9 Å². The summed E-state index contributed by atoms with van der Waals surface area (Å²) in [6.45, 7) is 14.1. The summed E-state index contributed by atoms with van der Waals surface area (Å²) >= 11 is 0. The largest absolute Gasteiger partial charge is 0.481 e. The van der Waals surface area contributed by atoms with Gasteiger partial charge < -0.3 is 50.6 Å². The van der Waals surface area contributed by atoms with Crippen molar-refractivity contribution in [2.45, 2.75) is 148 Å². The Morgan fingerprint density at radius 1 is 0.535 bits per heavy atom. The first-order valence-corrected chi connectivity index (χ1v) is 14.4. The van der Waals surface area contributed by atoms with Gasteiger partial charge in [-0.25, -0.2) is 0 Å². The van der Waals surface area contributed by atoms with Gasteiger partial charge in [0.1, 0.15) is 0 Å². The highest BCUT2D eigenvalue weighted by molar-refractivity contribution is 5.70. The van der Waals surface area contributed by atoms with E-state index in [1.165, 1.54) is 28.2 Å². The van der Waals surface area contributed by atoms with Gasteiger partial charge in [0.05, 0.1) is 11.8 Å². The van der Waals surface area contributed by atoms with E-state index in [2.05, 4.69) is 29.9 Å². The molecule has 0 aromatic carbocycles. The summed E-state index contributed by atoms with van der Waals surface area (Å²) in [5.41, 5.74) is 18.0. The first-order chi connectivity index (χ1) is 18.4. The lowest BCUT2D eigenvalue weighted by Gasteiger charge is -1.97. The number of hydrogen-bond donors (Lipinski definition) is 9. The van der Waals surface area contributed by atoms with E-state index in [-0.39, 0.29) is 46.4 Å². The molecule has 2 aliphatic rings. The lowest BCUT2D eigenvalue weighted by molar-refractivity contribution is -0.142. The molecule has 0 aromatic rings. The van der Waals surface area contributed by atoms with Crippen LogP contribution in [0, 0.1) is 11.8 Å². The van der Waals surface area contributed by atoms with Crippen LogP contribution in [0.15, 0.2) is 0 Å². The summed E-state index contributed by atoms with van der Waals surface area (Å²) < 4.78 is 0. The Kier molecular flexibility index (Phi) is 189. The highest BCUT2D eigenvalue weighted by Crippen LogP contribution is 2.24. The van der Waals surface area contributed by atoms with Gasteiger partial charge in [-0.15, -0.1) is 0 Å². The molecule has 2 aliphatic carbocycles. The SMILES string of the molecule is C.C.C.CC.CC.CC.CCCCCC(=O)O.CN.CN.CN.CN.N.N.O=C(O)C1CCCC1.O=C(O)C1CCCC1. The Bertz CT molecular complexity index is 371. The minimum absolute atomic E-state index is 0. The topological polar surface area (TPSA) is 286 Å². The van der Waals surface area contributed by atoms with E-state index in [0.717, 1.165) is 70.6 Å². The van der Waals surface area contributed by atoms with E-state index < -0.39 is 17.9 Å². The molecule has 2 fully saturated rings. The van der Waals surface area contributed by atoms with Gasteiger partial charge in [0.25, 0.3) is 0 Å². The quantitative estimate of drug-likeness (QED) is 0.126. The van der Waals surface area contributed by atoms with Gasteiger partial charge in [0.2, 0.25) is 0 Å². The molecule has 0 atom stereocenters. The molecule has 12 nitrogen and oxygen atoms in total.